The summed E-state index contributed by atoms with van der Waals surface area (Å²) < 4.78 is 0. The van der Waals surface area contributed by atoms with E-state index in [4.69, 9.17) is 0 Å². The van der Waals surface area contributed by atoms with Gasteiger partial charge in [-0.15, -0.1) is 0 Å². The Bertz CT molecular complexity index is 474. The van der Waals surface area contributed by atoms with Crippen LogP contribution in [0.4, 0.5) is 0 Å². The van der Waals surface area contributed by atoms with Gasteiger partial charge in [0.15, 0.2) is 0 Å². The van der Waals surface area contributed by atoms with E-state index in [1.807, 2.05) is 42.5 Å². The summed E-state index contributed by atoms with van der Waals surface area (Å²) in [7, 11) is 1.51. The molecule has 0 aliphatic rings. The molecule has 2 heteroatoms. The van der Waals surface area contributed by atoms with E-state index in [2.05, 4.69) is 5.32 Å². The van der Waals surface area contributed by atoms with E-state index in [1.165, 1.54) is 7.05 Å². The third-order valence-electron chi connectivity index (χ3n) is 2.44. The van der Waals surface area contributed by atoms with Gasteiger partial charge in [-0.2, -0.15) is 0 Å². The fraction of sp³-hybridized carbons (Fsp3) is 0.0714. The smallest absolute Gasteiger partial charge is 0.267 e. The molecule has 0 unspecified atom stereocenters. The molecule has 2 aromatic rings. The molecule has 1 amide bonds. The molecule has 79 valence electrons. The minimum Gasteiger partial charge on any atom is -0.267 e. The highest BCUT2D eigenvalue weighted by molar-refractivity contribution is 5.94. The first-order valence-corrected chi connectivity index (χ1v) is 5.11. The van der Waals surface area contributed by atoms with Gasteiger partial charge >= 0.3 is 0 Å². The Morgan fingerprint density at radius 2 is 1.44 bits per heavy atom. The molecule has 0 atom stereocenters. The van der Waals surface area contributed by atoms with Crippen molar-refractivity contribution in [1.29, 1.82) is 0 Å². The highest BCUT2D eigenvalue weighted by atomic mass is 16.1. The summed E-state index contributed by atoms with van der Waals surface area (Å²) in [5.41, 5.74) is 2.88. The van der Waals surface area contributed by atoms with Crippen LogP contribution in [0.15, 0.2) is 54.6 Å². The molecular formula is C14H12NO. The first-order chi connectivity index (χ1) is 7.81. The highest BCUT2D eigenvalue weighted by Gasteiger charge is 2.03. The van der Waals surface area contributed by atoms with Gasteiger partial charge in [0.05, 0.1) is 0 Å². The van der Waals surface area contributed by atoms with Crippen LogP contribution >= 0.6 is 0 Å². The van der Waals surface area contributed by atoms with Crippen molar-refractivity contribution in [3.8, 4) is 11.1 Å². The lowest BCUT2D eigenvalue weighted by Gasteiger charge is -2.02. The first kappa shape index (κ1) is 10.4. The summed E-state index contributed by atoms with van der Waals surface area (Å²) in [6.45, 7) is 0. The number of carbonyl (C=O) groups excluding carboxylic acids is 1. The Morgan fingerprint density at radius 1 is 0.875 bits per heavy atom. The number of benzene rings is 2. The maximum atomic E-state index is 11.3. The van der Waals surface area contributed by atoms with E-state index < -0.39 is 0 Å². The van der Waals surface area contributed by atoms with Crippen LogP contribution < -0.4 is 5.32 Å². The Morgan fingerprint density at radius 3 is 2.00 bits per heavy atom. The van der Waals surface area contributed by atoms with Gasteiger partial charge in [0.1, 0.15) is 0 Å². The summed E-state index contributed by atoms with van der Waals surface area (Å²) in [5.74, 6) is -0.181. The van der Waals surface area contributed by atoms with Crippen molar-refractivity contribution in [2.45, 2.75) is 0 Å². The molecule has 0 fully saturated rings. The summed E-state index contributed by atoms with van der Waals surface area (Å²) >= 11 is 0. The average Bonchev–Trinajstić information content (AvgIpc) is 2.39. The number of hydrogen-bond acceptors (Lipinski definition) is 1. The number of nitrogens with zero attached hydrogens (tertiary/aromatic N) is 1. The van der Waals surface area contributed by atoms with Gasteiger partial charge in [-0.05, 0) is 23.3 Å². The van der Waals surface area contributed by atoms with E-state index in [-0.39, 0.29) is 5.91 Å². The number of rotatable bonds is 2. The lowest BCUT2D eigenvalue weighted by Crippen LogP contribution is -2.09. The quantitative estimate of drug-likeness (QED) is 0.749. The SMILES string of the molecule is C[N]C(=O)c1ccc(-c2ccccc2)cc1. The monoisotopic (exact) mass is 210 g/mol. The van der Waals surface area contributed by atoms with E-state index >= 15 is 0 Å². The van der Waals surface area contributed by atoms with Crippen molar-refractivity contribution >= 4 is 5.91 Å². The molecule has 0 bridgehead atoms. The van der Waals surface area contributed by atoms with Crippen LogP contribution in [0.25, 0.3) is 11.1 Å². The van der Waals surface area contributed by atoms with Gasteiger partial charge in [-0.3, -0.25) is 10.1 Å². The molecule has 0 saturated carbocycles. The standard InChI is InChI=1S/C14H12NO/c1-15-14(16)13-9-7-12(8-10-13)11-5-3-2-4-6-11/h2-10H,1H3. The average molecular weight is 210 g/mol. The van der Waals surface area contributed by atoms with Gasteiger partial charge in [0, 0.05) is 12.6 Å². The van der Waals surface area contributed by atoms with E-state index in [0.29, 0.717) is 5.56 Å². The predicted octanol–water partition coefficient (Wildman–Crippen LogP) is 2.73. The highest BCUT2D eigenvalue weighted by Crippen LogP contribution is 2.19. The van der Waals surface area contributed by atoms with Crippen molar-refractivity contribution < 1.29 is 4.79 Å². The van der Waals surface area contributed by atoms with E-state index in [0.717, 1.165) is 11.1 Å². The lowest BCUT2D eigenvalue weighted by atomic mass is 10.0. The second-order valence-corrected chi connectivity index (χ2v) is 3.47. The molecule has 0 spiro atoms. The van der Waals surface area contributed by atoms with Crippen LogP contribution in [0.3, 0.4) is 0 Å². The third-order valence-corrected chi connectivity index (χ3v) is 2.44. The second-order valence-electron chi connectivity index (χ2n) is 3.47. The maximum Gasteiger partial charge on any atom is 0.272 e. The fourth-order valence-electron chi connectivity index (χ4n) is 1.56. The topological polar surface area (TPSA) is 31.2 Å². The first-order valence-electron chi connectivity index (χ1n) is 5.11. The predicted molar refractivity (Wildman–Crippen MR) is 64.3 cm³/mol. The summed E-state index contributed by atoms with van der Waals surface area (Å²) in [6, 6.07) is 17.5. The summed E-state index contributed by atoms with van der Waals surface area (Å²) in [5, 5.41) is 3.62. The molecule has 0 aromatic heterocycles. The number of carbonyl (C=O) groups is 1. The van der Waals surface area contributed by atoms with Crippen molar-refractivity contribution in [1.82, 2.24) is 5.32 Å². The van der Waals surface area contributed by atoms with Crippen molar-refractivity contribution in [2.75, 3.05) is 7.05 Å². The molecule has 0 aliphatic heterocycles. The largest absolute Gasteiger partial charge is 0.272 e. The van der Waals surface area contributed by atoms with Crippen LogP contribution in [0.1, 0.15) is 10.4 Å². The Balaban J connectivity index is 2.30. The molecule has 1 radical (unpaired) electrons. The molecule has 0 aliphatic carbocycles. The summed E-state index contributed by atoms with van der Waals surface area (Å²) in [4.78, 5) is 11.3. The minimum absolute atomic E-state index is 0.181. The molecule has 0 heterocycles. The number of amides is 1. The van der Waals surface area contributed by atoms with Crippen LogP contribution in [-0.4, -0.2) is 13.0 Å². The van der Waals surface area contributed by atoms with Crippen LogP contribution in [-0.2, 0) is 0 Å². The van der Waals surface area contributed by atoms with Crippen LogP contribution in [0, 0.1) is 0 Å². The van der Waals surface area contributed by atoms with Gasteiger partial charge in [0.2, 0.25) is 0 Å². The van der Waals surface area contributed by atoms with Crippen molar-refractivity contribution in [3.05, 3.63) is 60.2 Å². The molecule has 0 saturated heterocycles. The molecule has 16 heavy (non-hydrogen) atoms. The fourth-order valence-corrected chi connectivity index (χ4v) is 1.56. The third kappa shape index (κ3) is 2.11. The van der Waals surface area contributed by atoms with Crippen molar-refractivity contribution in [2.24, 2.45) is 0 Å². The summed E-state index contributed by atoms with van der Waals surface area (Å²) in [6.07, 6.45) is 0. The number of hydrogen-bond donors (Lipinski definition) is 0. The lowest BCUT2D eigenvalue weighted by molar-refractivity contribution is 0.0959. The van der Waals surface area contributed by atoms with Gasteiger partial charge in [-0.25, -0.2) is 0 Å². The van der Waals surface area contributed by atoms with Crippen LogP contribution in [0.5, 0.6) is 0 Å². The maximum absolute atomic E-state index is 11.3. The minimum atomic E-state index is -0.181. The van der Waals surface area contributed by atoms with Gasteiger partial charge in [0.25, 0.3) is 5.91 Å². The molecule has 0 N–H and O–H groups in total. The zero-order valence-corrected chi connectivity index (χ0v) is 9.05. The Hall–Kier alpha value is -2.09. The van der Waals surface area contributed by atoms with Gasteiger partial charge < -0.3 is 0 Å². The van der Waals surface area contributed by atoms with E-state index in [9.17, 15) is 4.79 Å². The normalized spacial score (nSPS) is 9.81. The molecule has 2 aromatic carbocycles. The molecule has 2 nitrogen and oxygen atoms in total. The van der Waals surface area contributed by atoms with Crippen molar-refractivity contribution in [3.63, 3.8) is 0 Å². The molecular weight excluding hydrogens is 198 g/mol. The van der Waals surface area contributed by atoms with Gasteiger partial charge in [-0.1, -0.05) is 42.5 Å². The van der Waals surface area contributed by atoms with E-state index in [1.54, 1.807) is 12.1 Å². The zero-order chi connectivity index (χ0) is 11.4. The zero-order valence-electron chi connectivity index (χ0n) is 9.05. The Kier molecular flexibility index (Phi) is 3.01. The molecule has 2 rings (SSSR count). The van der Waals surface area contributed by atoms with Crippen LogP contribution in [0.2, 0.25) is 0 Å². The Labute approximate surface area is 94.9 Å². The second kappa shape index (κ2) is 4.62.